The second-order valence-corrected chi connectivity index (χ2v) is 8.69. The first kappa shape index (κ1) is 20.9. The van der Waals surface area contributed by atoms with Crippen LogP contribution in [0.1, 0.15) is 24.8 Å². The average Bonchev–Trinajstić information content (AvgIpc) is 3.40. The Bertz CT molecular complexity index is 1330. The SMILES string of the molecule is CN(c1cc(F)cc(CCC2(C(F)(F)F)CC2)c1)c1nc2nncn2c2cc(Cl)ccc12. The molecule has 1 aliphatic carbocycles. The van der Waals surface area contributed by atoms with Crippen LogP contribution in [-0.4, -0.2) is 32.8 Å². The number of hydrogen-bond donors (Lipinski definition) is 0. The summed E-state index contributed by atoms with van der Waals surface area (Å²) in [7, 11) is 1.72. The van der Waals surface area contributed by atoms with Crippen LogP contribution in [0.25, 0.3) is 16.7 Å². The van der Waals surface area contributed by atoms with Gasteiger partial charge in [0.1, 0.15) is 18.0 Å². The molecule has 5 nitrogen and oxygen atoms in total. The third-order valence-electron chi connectivity index (χ3n) is 6.19. The third-order valence-corrected chi connectivity index (χ3v) is 6.43. The van der Waals surface area contributed by atoms with Crippen LogP contribution in [0.3, 0.4) is 0 Å². The van der Waals surface area contributed by atoms with E-state index < -0.39 is 17.4 Å². The van der Waals surface area contributed by atoms with Crippen LogP contribution >= 0.6 is 11.6 Å². The Hall–Kier alpha value is -2.94. The number of nitrogens with zero attached hydrogens (tertiary/aromatic N) is 5. The third kappa shape index (κ3) is 3.54. The fraction of sp³-hybridized carbons (Fsp3) is 0.318. The van der Waals surface area contributed by atoms with E-state index in [0.29, 0.717) is 27.9 Å². The number of fused-ring (bicyclic) bond motifs is 3. The van der Waals surface area contributed by atoms with E-state index in [-0.39, 0.29) is 25.7 Å². The first-order valence-corrected chi connectivity index (χ1v) is 10.4. The highest BCUT2D eigenvalue weighted by Gasteiger charge is 2.62. The van der Waals surface area contributed by atoms with Gasteiger partial charge >= 0.3 is 6.18 Å². The molecule has 166 valence electrons. The summed E-state index contributed by atoms with van der Waals surface area (Å²) in [5.74, 6) is 0.332. The first-order chi connectivity index (χ1) is 15.2. The van der Waals surface area contributed by atoms with Crippen molar-refractivity contribution in [1.29, 1.82) is 0 Å². The summed E-state index contributed by atoms with van der Waals surface area (Å²) in [5.41, 5.74) is 0.0933. The molecular weight excluding hydrogens is 446 g/mol. The van der Waals surface area contributed by atoms with Crippen LogP contribution in [0.2, 0.25) is 5.02 Å². The van der Waals surface area contributed by atoms with Gasteiger partial charge < -0.3 is 4.90 Å². The van der Waals surface area contributed by atoms with Crippen molar-refractivity contribution in [3.63, 3.8) is 0 Å². The quantitative estimate of drug-likeness (QED) is 0.335. The van der Waals surface area contributed by atoms with Crippen molar-refractivity contribution in [2.24, 2.45) is 5.41 Å². The minimum atomic E-state index is -4.22. The van der Waals surface area contributed by atoms with Gasteiger partial charge in [-0.05, 0) is 67.6 Å². The normalized spacial score (nSPS) is 15.4. The molecule has 5 rings (SSSR count). The number of rotatable bonds is 5. The van der Waals surface area contributed by atoms with Gasteiger partial charge in [0.05, 0.1) is 10.9 Å². The Morgan fingerprint density at radius 3 is 2.66 bits per heavy atom. The summed E-state index contributed by atoms with van der Waals surface area (Å²) in [6, 6.07) is 9.61. The lowest BCUT2D eigenvalue weighted by molar-refractivity contribution is -0.188. The van der Waals surface area contributed by atoms with Crippen LogP contribution in [0.15, 0.2) is 42.7 Å². The van der Waals surface area contributed by atoms with Crippen molar-refractivity contribution in [3.05, 3.63) is 59.1 Å². The maximum absolute atomic E-state index is 14.4. The molecule has 2 heterocycles. The Balaban J connectivity index is 1.52. The molecule has 0 aliphatic heterocycles. The number of aryl methyl sites for hydroxylation is 1. The summed E-state index contributed by atoms with van der Waals surface area (Å²) < 4.78 is 55.9. The minimum Gasteiger partial charge on any atom is -0.329 e. The van der Waals surface area contributed by atoms with Gasteiger partial charge in [-0.3, -0.25) is 4.40 Å². The second-order valence-electron chi connectivity index (χ2n) is 8.25. The maximum Gasteiger partial charge on any atom is 0.394 e. The van der Waals surface area contributed by atoms with E-state index in [4.69, 9.17) is 11.6 Å². The van der Waals surface area contributed by atoms with E-state index in [0.717, 1.165) is 10.9 Å². The fourth-order valence-electron chi connectivity index (χ4n) is 4.08. The minimum absolute atomic E-state index is 0.0471. The van der Waals surface area contributed by atoms with Crippen molar-refractivity contribution in [3.8, 4) is 0 Å². The van der Waals surface area contributed by atoms with Gasteiger partial charge in [-0.2, -0.15) is 18.2 Å². The zero-order valence-electron chi connectivity index (χ0n) is 17.0. The van der Waals surface area contributed by atoms with Gasteiger partial charge in [0, 0.05) is 23.1 Å². The smallest absolute Gasteiger partial charge is 0.329 e. The van der Waals surface area contributed by atoms with Crippen LogP contribution in [0.4, 0.5) is 29.1 Å². The molecule has 0 amide bonds. The zero-order valence-corrected chi connectivity index (χ0v) is 17.8. The van der Waals surface area contributed by atoms with Crippen molar-refractivity contribution in [1.82, 2.24) is 19.6 Å². The van der Waals surface area contributed by atoms with E-state index >= 15 is 0 Å². The monoisotopic (exact) mass is 463 g/mol. The summed E-state index contributed by atoms with van der Waals surface area (Å²) in [4.78, 5) is 6.25. The molecule has 1 fully saturated rings. The molecular formula is C22H18ClF4N5. The van der Waals surface area contributed by atoms with Gasteiger partial charge in [0.2, 0.25) is 0 Å². The maximum atomic E-state index is 14.4. The van der Waals surface area contributed by atoms with E-state index in [9.17, 15) is 17.6 Å². The summed E-state index contributed by atoms with van der Waals surface area (Å²) >= 11 is 6.17. The van der Waals surface area contributed by atoms with E-state index in [1.54, 1.807) is 40.6 Å². The fourth-order valence-corrected chi connectivity index (χ4v) is 4.25. The predicted octanol–water partition coefficient (Wildman–Crippen LogP) is 6.11. The lowest BCUT2D eigenvalue weighted by atomic mass is 9.96. The molecule has 0 N–H and O–H groups in total. The Morgan fingerprint density at radius 1 is 1.16 bits per heavy atom. The molecule has 0 unspecified atom stereocenters. The number of alkyl halides is 3. The molecule has 0 radical (unpaired) electrons. The Labute approximate surface area is 185 Å². The highest BCUT2D eigenvalue weighted by Crippen LogP contribution is 2.60. The van der Waals surface area contributed by atoms with Crippen LogP contribution in [-0.2, 0) is 6.42 Å². The number of halogens is 5. The molecule has 2 aromatic heterocycles. The highest BCUT2D eigenvalue weighted by atomic mass is 35.5. The summed E-state index contributed by atoms with van der Waals surface area (Å²) in [6.07, 6.45) is -2.33. The lowest BCUT2D eigenvalue weighted by Gasteiger charge is -2.22. The van der Waals surface area contributed by atoms with E-state index in [1.807, 2.05) is 0 Å². The van der Waals surface area contributed by atoms with Crippen LogP contribution in [0.5, 0.6) is 0 Å². The van der Waals surface area contributed by atoms with E-state index in [2.05, 4.69) is 15.2 Å². The molecule has 4 aromatic rings. The summed E-state index contributed by atoms with van der Waals surface area (Å²) in [6.45, 7) is 0. The van der Waals surface area contributed by atoms with Gasteiger partial charge in [0.25, 0.3) is 5.78 Å². The molecule has 0 atom stereocenters. The zero-order chi connectivity index (χ0) is 22.7. The van der Waals surface area contributed by atoms with Gasteiger partial charge in [0.15, 0.2) is 0 Å². The van der Waals surface area contributed by atoms with Gasteiger partial charge in [-0.25, -0.2) is 4.39 Å². The topological polar surface area (TPSA) is 46.3 Å². The van der Waals surface area contributed by atoms with E-state index in [1.165, 1.54) is 18.5 Å². The lowest BCUT2D eigenvalue weighted by Crippen LogP contribution is -2.25. The molecule has 10 heteroatoms. The molecule has 0 spiro atoms. The molecule has 1 aliphatic rings. The molecule has 0 saturated heterocycles. The molecule has 32 heavy (non-hydrogen) atoms. The highest BCUT2D eigenvalue weighted by molar-refractivity contribution is 6.31. The van der Waals surface area contributed by atoms with Crippen LogP contribution < -0.4 is 4.90 Å². The van der Waals surface area contributed by atoms with Crippen LogP contribution in [0, 0.1) is 11.2 Å². The van der Waals surface area contributed by atoms with Crippen molar-refractivity contribution >= 4 is 39.8 Å². The number of anilines is 2. The first-order valence-electron chi connectivity index (χ1n) is 10.1. The number of benzene rings is 2. The van der Waals surface area contributed by atoms with Gasteiger partial charge in [-0.1, -0.05) is 11.6 Å². The largest absolute Gasteiger partial charge is 0.394 e. The van der Waals surface area contributed by atoms with Gasteiger partial charge in [-0.15, -0.1) is 10.2 Å². The Morgan fingerprint density at radius 2 is 1.94 bits per heavy atom. The second kappa shape index (κ2) is 7.30. The predicted molar refractivity (Wildman–Crippen MR) is 114 cm³/mol. The Kier molecular flexibility index (Phi) is 4.77. The van der Waals surface area contributed by atoms with Crippen molar-refractivity contribution in [2.75, 3.05) is 11.9 Å². The van der Waals surface area contributed by atoms with Crippen molar-refractivity contribution in [2.45, 2.75) is 31.9 Å². The molecule has 0 bridgehead atoms. The number of hydrogen-bond acceptors (Lipinski definition) is 4. The number of aromatic nitrogens is 4. The molecule has 1 saturated carbocycles. The molecule has 2 aromatic carbocycles. The average molecular weight is 464 g/mol. The standard InChI is InChI=1S/C22H18ClF4N5/c1-31(19-17-3-2-14(23)10-18(17)32-12-28-30-20(32)29-19)16-9-13(8-15(24)11-16)4-5-21(6-7-21)22(25,26)27/h2-3,8-12H,4-7H2,1H3. The van der Waals surface area contributed by atoms with Crippen molar-refractivity contribution < 1.29 is 17.6 Å². The summed E-state index contributed by atoms with van der Waals surface area (Å²) in [5, 5.41) is 9.17.